The minimum atomic E-state index is 0.111. The molecule has 18 heavy (non-hydrogen) atoms. The van der Waals surface area contributed by atoms with Gasteiger partial charge >= 0.3 is 0 Å². The molecule has 1 rings (SSSR count). The maximum atomic E-state index is 12.0. The second kappa shape index (κ2) is 6.40. The Labute approximate surface area is 109 Å². The van der Waals surface area contributed by atoms with Gasteiger partial charge in [0.2, 0.25) is 5.91 Å². The van der Waals surface area contributed by atoms with E-state index in [0.29, 0.717) is 13.0 Å². The monoisotopic (exact) mass is 250 g/mol. The van der Waals surface area contributed by atoms with Crippen LogP contribution in [0.5, 0.6) is 5.75 Å². The third-order valence-electron chi connectivity index (χ3n) is 3.11. The molecule has 1 N–H and O–H groups in total. The van der Waals surface area contributed by atoms with Crippen molar-refractivity contribution >= 4 is 5.91 Å². The number of benzene rings is 1. The fourth-order valence-corrected chi connectivity index (χ4v) is 1.61. The zero-order valence-corrected chi connectivity index (χ0v) is 11.6. The zero-order chi connectivity index (χ0) is 13.7. The lowest BCUT2D eigenvalue weighted by molar-refractivity contribution is -0.131. The molecule has 0 aliphatic rings. The summed E-state index contributed by atoms with van der Waals surface area (Å²) in [6.45, 7) is 2.55. The van der Waals surface area contributed by atoms with Crippen molar-refractivity contribution in [2.45, 2.75) is 25.9 Å². The first-order chi connectivity index (χ1) is 8.40. The van der Waals surface area contributed by atoms with Crippen molar-refractivity contribution in [1.82, 2.24) is 9.80 Å². The minimum Gasteiger partial charge on any atom is -0.508 e. The lowest BCUT2D eigenvalue weighted by Crippen LogP contribution is -2.34. The Morgan fingerprint density at radius 3 is 2.56 bits per heavy atom. The number of carbonyl (C=O) groups excluding carboxylic acids is 1. The fraction of sp³-hybridized carbons (Fsp3) is 0.500. The van der Waals surface area contributed by atoms with Crippen molar-refractivity contribution in [3.8, 4) is 5.75 Å². The first-order valence-corrected chi connectivity index (χ1v) is 6.08. The Hall–Kier alpha value is -1.55. The van der Waals surface area contributed by atoms with E-state index in [1.807, 2.05) is 32.0 Å². The van der Waals surface area contributed by atoms with Crippen LogP contribution in [0.2, 0.25) is 0 Å². The van der Waals surface area contributed by atoms with Gasteiger partial charge in [0.05, 0.1) is 0 Å². The van der Waals surface area contributed by atoms with Gasteiger partial charge in [-0.25, -0.2) is 0 Å². The third-order valence-corrected chi connectivity index (χ3v) is 3.11. The van der Waals surface area contributed by atoms with E-state index in [1.165, 1.54) is 0 Å². The second-order valence-electron chi connectivity index (χ2n) is 4.94. The number of carbonyl (C=O) groups is 1. The van der Waals surface area contributed by atoms with Crippen LogP contribution < -0.4 is 0 Å². The molecule has 0 aliphatic heterocycles. The van der Waals surface area contributed by atoms with Crippen LogP contribution in [-0.2, 0) is 11.3 Å². The number of aromatic hydroxyl groups is 1. The van der Waals surface area contributed by atoms with Gasteiger partial charge in [0.25, 0.3) is 0 Å². The molecule has 4 nitrogen and oxygen atoms in total. The van der Waals surface area contributed by atoms with Gasteiger partial charge in [0.1, 0.15) is 5.75 Å². The van der Waals surface area contributed by atoms with Gasteiger partial charge in [-0.15, -0.1) is 0 Å². The van der Waals surface area contributed by atoms with Gasteiger partial charge in [0.15, 0.2) is 0 Å². The predicted octanol–water partition coefficient (Wildman–Crippen LogP) is 1.69. The van der Waals surface area contributed by atoms with Crippen molar-refractivity contribution in [2.24, 2.45) is 0 Å². The van der Waals surface area contributed by atoms with Crippen LogP contribution in [0, 0.1) is 0 Å². The molecule has 0 saturated heterocycles. The van der Waals surface area contributed by atoms with Gasteiger partial charge in [-0.2, -0.15) is 0 Å². The Balaban J connectivity index is 2.55. The molecule has 0 radical (unpaired) electrons. The SMILES string of the molecule is C[C@@H](CC(=O)N(C)Cc1cccc(O)c1)N(C)C. The number of hydrogen-bond donors (Lipinski definition) is 1. The van der Waals surface area contributed by atoms with Gasteiger partial charge in [0, 0.05) is 26.1 Å². The molecular weight excluding hydrogens is 228 g/mol. The van der Waals surface area contributed by atoms with Crippen LogP contribution in [0.25, 0.3) is 0 Å². The van der Waals surface area contributed by atoms with E-state index in [2.05, 4.69) is 0 Å². The van der Waals surface area contributed by atoms with E-state index >= 15 is 0 Å². The third kappa shape index (κ3) is 4.37. The Kier molecular flexibility index (Phi) is 5.16. The number of rotatable bonds is 5. The van der Waals surface area contributed by atoms with E-state index in [1.54, 1.807) is 30.1 Å². The standard InChI is InChI=1S/C14H22N2O2/c1-11(15(2)3)8-14(18)16(4)10-12-6-5-7-13(17)9-12/h5-7,9,11,17H,8,10H2,1-4H3/t11-/m0/s1. The highest BCUT2D eigenvalue weighted by Gasteiger charge is 2.14. The average molecular weight is 250 g/mol. The highest BCUT2D eigenvalue weighted by atomic mass is 16.3. The van der Waals surface area contributed by atoms with Gasteiger partial charge in [-0.05, 0) is 38.7 Å². The normalized spacial score (nSPS) is 12.5. The van der Waals surface area contributed by atoms with Crippen LogP contribution in [-0.4, -0.2) is 48.0 Å². The maximum Gasteiger partial charge on any atom is 0.224 e. The summed E-state index contributed by atoms with van der Waals surface area (Å²) in [5, 5.41) is 9.37. The van der Waals surface area contributed by atoms with Crippen molar-refractivity contribution in [1.29, 1.82) is 0 Å². The van der Waals surface area contributed by atoms with Crippen LogP contribution >= 0.6 is 0 Å². The Morgan fingerprint density at radius 1 is 1.33 bits per heavy atom. The molecule has 0 saturated carbocycles. The molecule has 0 spiro atoms. The molecule has 0 heterocycles. The van der Waals surface area contributed by atoms with Gasteiger partial charge < -0.3 is 14.9 Å². The molecule has 0 fully saturated rings. The van der Waals surface area contributed by atoms with Gasteiger partial charge in [-0.3, -0.25) is 4.79 Å². The highest BCUT2D eigenvalue weighted by molar-refractivity contribution is 5.76. The summed E-state index contributed by atoms with van der Waals surface area (Å²) >= 11 is 0. The number of phenols is 1. The molecule has 1 aromatic carbocycles. The molecule has 100 valence electrons. The first-order valence-electron chi connectivity index (χ1n) is 6.08. The van der Waals surface area contributed by atoms with Crippen LogP contribution in [0.4, 0.5) is 0 Å². The molecule has 0 bridgehead atoms. The van der Waals surface area contributed by atoms with Crippen molar-refractivity contribution in [3.05, 3.63) is 29.8 Å². The smallest absolute Gasteiger partial charge is 0.224 e. The molecule has 1 aromatic rings. The summed E-state index contributed by atoms with van der Waals surface area (Å²) < 4.78 is 0. The largest absolute Gasteiger partial charge is 0.508 e. The minimum absolute atomic E-state index is 0.111. The topological polar surface area (TPSA) is 43.8 Å². The van der Waals surface area contributed by atoms with Crippen molar-refractivity contribution < 1.29 is 9.90 Å². The Bertz CT molecular complexity index is 405. The molecule has 4 heteroatoms. The number of nitrogens with zero attached hydrogens (tertiary/aromatic N) is 2. The van der Waals surface area contributed by atoms with Crippen LogP contribution in [0.15, 0.2) is 24.3 Å². The van der Waals surface area contributed by atoms with Crippen molar-refractivity contribution in [3.63, 3.8) is 0 Å². The van der Waals surface area contributed by atoms with Crippen LogP contribution in [0.3, 0.4) is 0 Å². The van der Waals surface area contributed by atoms with E-state index in [-0.39, 0.29) is 17.7 Å². The number of phenolic OH excluding ortho intramolecular Hbond substituents is 1. The van der Waals surface area contributed by atoms with E-state index in [0.717, 1.165) is 5.56 Å². The first kappa shape index (κ1) is 14.5. The summed E-state index contributed by atoms with van der Waals surface area (Å²) in [6, 6.07) is 7.22. The highest BCUT2D eigenvalue weighted by Crippen LogP contribution is 2.13. The predicted molar refractivity (Wildman–Crippen MR) is 72.3 cm³/mol. The maximum absolute atomic E-state index is 12.0. The van der Waals surface area contributed by atoms with Gasteiger partial charge in [-0.1, -0.05) is 12.1 Å². The van der Waals surface area contributed by atoms with Crippen LogP contribution in [0.1, 0.15) is 18.9 Å². The molecule has 1 atom stereocenters. The molecule has 0 aliphatic carbocycles. The van der Waals surface area contributed by atoms with Crippen molar-refractivity contribution in [2.75, 3.05) is 21.1 Å². The second-order valence-corrected chi connectivity index (χ2v) is 4.94. The Morgan fingerprint density at radius 2 is 2.00 bits per heavy atom. The summed E-state index contributed by atoms with van der Waals surface area (Å²) in [4.78, 5) is 15.7. The lowest BCUT2D eigenvalue weighted by atomic mass is 10.1. The fourth-order valence-electron chi connectivity index (χ4n) is 1.61. The lowest BCUT2D eigenvalue weighted by Gasteiger charge is -2.23. The zero-order valence-electron chi connectivity index (χ0n) is 11.6. The summed E-state index contributed by atoms with van der Waals surface area (Å²) in [5.41, 5.74) is 0.934. The number of amides is 1. The summed E-state index contributed by atoms with van der Waals surface area (Å²) in [5.74, 6) is 0.342. The quantitative estimate of drug-likeness (QED) is 0.865. The molecule has 0 unspecified atom stereocenters. The molecule has 1 amide bonds. The van der Waals surface area contributed by atoms with E-state index in [4.69, 9.17) is 0 Å². The average Bonchev–Trinajstić information content (AvgIpc) is 2.28. The van der Waals surface area contributed by atoms with E-state index < -0.39 is 0 Å². The summed E-state index contributed by atoms with van der Waals surface area (Å²) in [7, 11) is 5.72. The molecule has 0 aromatic heterocycles. The summed E-state index contributed by atoms with van der Waals surface area (Å²) in [6.07, 6.45) is 0.502. The molecular formula is C14H22N2O2. The number of hydrogen-bond acceptors (Lipinski definition) is 3. The van der Waals surface area contributed by atoms with E-state index in [9.17, 15) is 9.90 Å².